The summed E-state index contributed by atoms with van der Waals surface area (Å²) in [5.74, 6) is 2.35. The molecule has 0 aliphatic heterocycles. The molecule has 0 N–H and O–H groups in total. The third-order valence-electron chi connectivity index (χ3n) is 2.16. The normalized spacial score (nSPS) is 15.8. The number of ether oxygens (including phenoxy) is 1. The molecule has 0 unspecified atom stereocenters. The molecule has 1 aliphatic rings. The first kappa shape index (κ1) is 8.48. The maximum atomic E-state index is 5.52. The number of aromatic nitrogens is 2. The van der Waals surface area contributed by atoms with Gasteiger partial charge in [-0.05, 0) is 18.8 Å². The van der Waals surface area contributed by atoms with Crippen molar-refractivity contribution in [2.75, 3.05) is 6.61 Å². The van der Waals surface area contributed by atoms with Gasteiger partial charge in [-0.15, -0.1) is 0 Å². The average molecular weight is 178 g/mol. The molecule has 0 bridgehead atoms. The van der Waals surface area contributed by atoms with Crippen LogP contribution in [0.1, 0.15) is 25.6 Å². The van der Waals surface area contributed by atoms with Crippen LogP contribution < -0.4 is 4.74 Å². The molecule has 2 rings (SSSR count). The zero-order chi connectivity index (χ0) is 9.10. The van der Waals surface area contributed by atoms with Crippen molar-refractivity contribution < 1.29 is 4.74 Å². The molecule has 13 heavy (non-hydrogen) atoms. The molecule has 3 nitrogen and oxygen atoms in total. The lowest BCUT2D eigenvalue weighted by molar-refractivity contribution is 0.287. The number of aryl methyl sites for hydroxylation is 1. The number of hydrogen-bond acceptors (Lipinski definition) is 3. The molecule has 1 heterocycles. The van der Waals surface area contributed by atoms with Gasteiger partial charge in [-0.2, -0.15) is 4.98 Å². The molecule has 1 fully saturated rings. The second kappa shape index (κ2) is 3.73. The topological polar surface area (TPSA) is 35.0 Å². The molecule has 1 aliphatic carbocycles. The Labute approximate surface area is 78.2 Å². The van der Waals surface area contributed by atoms with Crippen LogP contribution in [-0.2, 0) is 6.42 Å². The Morgan fingerprint density at radius 3 is 3.08 bits per heavy atom. The standard InChI is InChI=1S/C10H14N2O/c1-2-9-11-6-5-10(12-9)13-7-8-3-4-8/h5-6,8H,2-4,7H2,1H3. The van der Waals surface area contributed by atoms with Gasteiger partial charge in [0.05, 0.1) is 6.61 Å². The Morgan fingerprint density at radius 2 is 2.38 bits per heavy atom. The van der Waals surface area contributed by atoms with Gasteiger partial charge in [-0.3, -0.25) is 0 Å². The first-order chi connectivity index (χ1) is 6.38. The molecule has 0 radical (unpaired) electrons. The van der Waals surface area contributed by atoms with Gasteiger partial charge in [-0.25, -0.2) is 4.98 Å². The van der Waals surface area contributed by atoms with Gasteiger partial charge < -0.3 is 4.74 Å². The van der Waals surface area contributed by atoms with Crippen molar-refractivity contribution in [1.29, 1.82) is 0 Å². The number of rotatable bonds is 4. The molecule has 0 saturated heterocycles. The zero-order valence-corrected chi connectivity index (χ0v) is 7.86. The van der Waals surface area contributed by atoms with E-state index in [1.165, 1.54) is 12.8 Å². The van der Waals surface area contributed by atoms with Crippen LogP contribution in [-0.4, -0.2) is 16.6 Å². The second-order valence-electron chi connectivity index (χ2n) is 3.42. The second-order valence-corrected chi connectivity index (χ2v) is 3.42. The van der Waals surface area contributed by atoms with Gasteiger partial charge >= 0.3 is 0 Å². The Bertz CT molecular complexity index is 284. The lowest BCUT2D eigenvalue weighted by atomic mass is 10.4. The molecule has 1 aromatic rings. The molecule has 0 aromatic carbocycles. The van der Waals surface area contributed by atoms with E-state index in [1.54, 1.807) is 6.20 Å². The Hall–Kier alpha value is -1.12. The van der Waals surface area contributed by atoms with Crippen molar-refractivity contribution in [3.8, 4) is 5.88 Å². The molecule has 1 saturated carbocycles. The van der Waals surface area contributed by atoms with Gasteiger partial charge in [0.1, 0.15) is 5.82 Å². The molecular weight excluding hydrogens is 164 g/mol. The van der Waals surface area contributed by atoms with Crippen LogP contribution in [0.3, 0.4) is 0 Å². The highest BCUT2D eigenvalue weighted by molar-refractivity contribution is 5.08. The summed E-state index contributed by atoms with van der Waals surface area (Å²) in [5.41, 5.74) is 0. The van der Waals surface area contributed by atoms with Crippen molar-refractivity contribution in [3.05, 3.63) is 18.1 Å². The molecule has 3 heteroatoms. The van der Waals surface area contributed by atoms with Crippen molar-refractivity contribution in [2.24, 2.45) is 5.92 Å². The van der Waals surface area contributed by atoms with Crippen molar-refractivity contribution >= 4 is 0 Å². The van der Waals surface area contributed by atoms with Gasteiger partial charge in [0, 0.05) is 18.7 Å². The molecular formula is C10H14N2O. The predicted molar refractivity (Wildman–Crippen MR) is 49.6 cm³/mol. The van der Waals surface area contributed by atoms with Crippen LogP contribution in [0.25, 0.3) is 0 Å². The van der Waals surface area contributed by atoms with Gasteiger partial charge in [-0.1, -0.05) is 6.92 Å². The van der Waals surface area contributed by atoms with Gasteiger partial charge in [0.2, 0.25) is 5.88 Å². The summed E-state index contributed by atoms with van der Waals surface area (Å²) in [5, 5.41) is 0. The minimum absolute atomic E-state index is 0.721. The molecule has 0 atom stereocenters. The summed E-state index contributed by atoms with van der Waals surface area (Å²) in [6.07, 6.45) is 5.24. The smallest absolute Gasteiger partial charge is 0.216 e. The third-order valence-corrected chi connectivity index (χ3v) is 2.16. The van der Waals surface area contributed by atoms with Crippen molar-refractivity contribution in [1.82, 2.24) is 9.97 Å². The van der Waals surface area contributed by atoms with Crippen molar-refractivity contribution in [2.45, 2.75) is 26.2 Å². The van der Waals surface area contributed by atoms with E-state index < -0.39 is 0 Å². The van der Waals surface area contributed by atoms with E-state index in [0.29, 0.717) is 0 Å². The fourth-order valence-corrected chi connectivity index (χ4v) is 1.12. The monoisotopic (exact) mass is 178 g/mol. The Kier molecular flexibility index (Phi) is 2.43. The summed E-state index contributed by atoms with van der Waals surface area (Å²) < 4.78 is 5.52. The zero-order valence-electron chi connectivity index (χ0n) is 7.86. The van der Waals surface area contributed by atoms with Crippen LogP contribution in [0.2, 0.25) is 0 Å². The summed E-state index contributed by atoms with van der Waals surface area (Å²) >= 11 is 0. The number of hydrogen-bond donors (Lipinski definition) is 0. The van der Waals surface area contributed by atoms with E-state index in [9.17, 15) is 0 Å². The van der Waals surface area contributed by atoms with Crippen LogP contribution in [0.15, 0.2) is 12.3 Å². The minimum atomic E-state index is 0.721. The summed E-state index contributed by atoms with van der Waals surface area (Å²) in [6.45, 7) is 2.86. The predicted octanol–water partition coefficient (Wildman–Crippen LogP) is 1.83. The largest absolute Gasteiger partial charge is 0.477 e. The van der Waals surface area contributed by atoms with E-state index >= 15 is 0 Å². The quantitative estimate of drug-likeness (QED) is 0.705. The van der Waals surface area contributed by atoms with E-state index in [2.05, 4.69) is 9.97 Å². The summed E-state index contributed by atoms with van der Waals surface area (Å²) in [7, 11) is 0. The first-order valence-electron chi connectivity index (χ1n) is 4.83. The maximum Gasteiger partial charge on any atom is 0.216 e. The van der Waals surface area contributed by atoms with E-state index in [4.69, 9.17) is 4.74 Å². The average Bonchev–Trinajstić information content (AvgIpc) is 2.99. The van der Waals surface area contributed by atoms with Gasteiger partial charge in [0.25, 0.3) is 0 Å². The lowest BCUT2D eigenvalue weighted by Crippen LogP contribution is -2.02. The molecule has 1 aromatic heterocycles. The van der Waals surface area contributed by atoms with E-state index in [1.807, 2.05) is 13.0 Å². The first-order valence-corrected chi connectivity index (χ1v) is 4.83. The Balaban J connectivity index is 1.93. The number of nitrogens with zero attached hydrogens (tertiary/aromatic N) is 2. The molecule has 0 amide bonds. The van der Waals surface area contributed by atoms with Crippen LogP contribution in [0, 0.1) is 5.92 Å². The molecule has 0 spiro atoms. The van der Waals surface area contributed by atoms with Gasteiger partial charge in [0.15, 0.2) is 0 Å². The fraction of sp³-hybridized carbons (Fsp3) is 0.600. The highest BCUT2D eigenvalue weighted by atomic mass is 16.5. The van der Waals surface area contributed by atoms with Crippen LogP contribution in [0.5, 0.6) is 5.88 Å². The SMILES string of the molecule is CCc1nccc(OCC2CC2)n1. The summed E-state index contributed by atoms with van der Waals surface area (Å²) in [6, 6.07) is 1.82. The highest BCUT2D eigenvalue weighted by Gasteiger charge is 2.22. The van der Waals surface area contributed by atoms with Crippen molar-refractivity contribution in [3.63, 3.8) is 0 Å². The van der Waals surface area contributed by atoms with E-state index in [-0.39, 0.29) is 0 Å². The van der Waals surface area contributed by atoms with E-state index in [0.717, 1.165) is 30.7 Å². The van der Waals surface area contributed by atoms with Crippen LogP contribution in [0.4, 0.5) is 0 Å². The maximum absolute atomic E-state index is 5.52. The lowest BCUT2D eigenvalue weighted by Gasteiger charge is -2.03. The fourth-order valence-electron chi connectivity index (χ4n) is 1.12. The highest BCUT2D eigenvalue weighted by Crippen LogP contribution is 2.29. The molecule has 70 valence electrons. The minimum Gasteiger partial charge on any atom is -0.477 e. The Morgan fingerprint density at radius 1 is 1.54 bits per heavy atom. The van der Waals surface area contributed by atoms with Crippen LogP contribution >= 0.6 is 0 Å². The summed E-state index contributed by atoms with van der Waals surface area (Å²) in [4.78, 5) is 8.37. The third kappa shape index (κ3) is 2.41.